The van der Waals surface area contributed by atoms with Crippen LogP contribution in [0, 0.1) is 91.7 Å². The van der Waals surface area contributed by atoms with Crippen LogP contribution < -0.4 is 0 Å². The molecular formula is C13H8N4. The molecule has 0 saturated heterocycles. The summed E-state index contributed by atoms with van der Waals surface area (Å²) in [6.45, 7) is 0. The fourth-order valence-corrected chi connectivity index (χ4v) is 5.60. The van der Waals surface area contributed by atoms with Gasteiger partial charge in [0.15, 0.2) is 10.8 Å². The van der Waals surface area contributed by atoms with Gasteiger partial charge in [-0.1, -0.05) is 0 Å². The van der Waals surface area contributed by atoms with Crippen molar-refractivity contribution in [3.8, 4) is 24.3 Å². The third-order valence-electron chi connectivity index (χ3n) is 5.92. The zero-order valence-corrected chi connectivity index (χ0v) is 8.96. The second kappa shape index (κ2) is 2.16. The van der Waals surface area contributed by atoms with Crippen molar-refractivity contribution in [1.29, 1.82) is 21.0 Å². The van der Waals surface area contributed by atoms with Gasteiger partial charge in [-0.25, -0.2) is 0 Å². The average Bonchev–Trinajstić information content (AvgIpc) is 2.77. The van der Waals surface area contributed by atoms with Gasteiger partial charge in [0.2, 0.25) is 0 Å². The molecule has 4 unspecified atom stereocenters. The molecule has 17 heavy (non-hydrogen) atoms. The zero-order valence-electron chi connectivity index (χ0n) is 8.96. The fraction of sp³-hybridized carbons (Fsp3) is 0.692. The number of nitrogens with zero attached hydrogens (tertiary/aromatic N) is 4. The topological polar surface area (TPSA) is 95.2 Å². The molecule has 80 valence electrons. The Morgan fingerprint density at radius 3 is 1.41 bits per heavy atom. The highest BCUT2D eigenvalue weighted by atomic mass is 14.9. The van der Waals surface area contributed by atoms with Gasteiger partial charge in [0.05, 0.1) is 24.3 Å². The van der Waals surface area contributed by atoms with Crippen LogP contribution in [-0.4, -0.2) is 0 Å². The maximum Gasteiger partial charge on any atom is 0.179 e. The van der Waals surface area contributed by atoms with Crippen molar-refractivity contribution in [2.75, 3.05) is 0 Å². The van der Waals surface area contributed by atoms with Crippen molar-refractivity contribution in [2.45, 2.75) is 6.42 Å². The Labute approximate surface area is 98.7 Å². The summed E-state index contributed by atoms with van der Waals surface area (Å²) in [4.78, 5) is 0. The van der Waals surface area contributed by atoms with Gasteiger partial charge in [0.1, 0.15) is 0 Å². The maximum atomic E-state index is 9.43. The SMILES string of the molecule is N#CC1(C#N)C2C3CC4C2C4C3C1(C#N)C#N. The molecule has 5 saturated carbocycles. The molecule has 4 heteroatoms. The van der Waals surface area contributed by atoms with Crippen LogP contribution in [-0.2, 0) is 0 Å². The monoisotopic (exact) mass is 220 g/mol. The van der Waals surface area contributed by atoms with E-state index < -0.39 is 10.8 Å². The van der Waals surface area contributed by atoms with Gasteiger partial charge >= 0.3 is 0 Å². The summed E-state index contributed by atoms with van der Waals surface area (Å²) < 4.78 is 0. The third kappa shape index (κ3) is 0.537. The number of hydrogen-bond donors (Lipinski definition) is 0. The van der Waals surface area contributed by atoms with Crippen LogP contribution in [0.4, 0.5) is 0 Å². The summed E-state index contributed by atoms with van der Waals surface area (Å²) in [6, 6.07) is 8.24. The largest absolute Gasteiger partial charge is 0.196 e. The van der Waals surface area contributed by atoms with Crippen molar-refractivity contribution < 1.29 is 0 Å². The van der Waals surface area contributed by atoms with Gasteiger partial charge in [-0.15, -0.1) is 0 Å². The standard InChI is InChI=1S/C13H8N4/c14-2-12(3-15)10-7-1-6-8(10)9(6)11(7)13(12,4-16)5-17/h6-11H,1H2. The predicted octanol–water partition coefficient (Wildman–Crippen LogP) is 1.20. The highest BCUT2D eigenvalue weighted by Crippen LogP contribution is 2.88. The van der Waals surface area contributed by atoms with Crippen LogP contribution >= 0.6 is 0 Å². The van der Waals surface area contributed by atoms with E-state index in [0.717, 1.165) is 6.42 Å². The second-order valence-electron chi connectivity index (χ2n) is 5.83. The maximum absolute atomic E-state index is 9.43. The summed E-state index contributed by atoms with van der Waals surface area (Å²) in [5.41, 5.74) is -2.75. The summed E-state index contributed by atoms with van der Waals surface area (Å²) in [5.74, 6) is 1.75. The van der Waals surface area contributed by atoms with E-state index in [0.29, 0.717) is 17.8 Å². The van der Waals surface area contributed by atoms with Crippen molar-refractivity contribution in [2.24, 2.45) is 46.3 Å². The molecule has 0 spiro atoms. The lowest BCUT2D eigenvalue weighted by Crippen LogP contribution is -2.44. The zero-order chi connectivity index (χ0) is 12.0. The third-order valence-corrected chi connectivity index (χ3v) is 5.92. The van der Waals surface area contributed by atoms with Crippen LogP contribution in [0.1, 0.15) is 6.42 Å². The Morgan fingerprint density at radius 1 is 0.706 bits per heavy atom. The highest BCUT2D eigenvalue weighted by Gasteiger charge is 2.90. The minimum atomic E-state index is -1.38. The van der Waals surface area contributed by atoms with Crippen molar-refractivity contribution in [3.63, 3.8) is 0 Å². The van der Waals surface area contributed by atoms with Gasteiger partial charge in [-0.3, -0.25) is 0 Å². The minimum absolute atomic E-state index is 0.0169. The molecule has 0 aliphatic heterocycles. The van der Waals surface area contributed by atoms with Crippen molar-refractivity contribution >= 4 is 0 Å². The molecular weight excluding hydrogens is 212 g/mol. The molecule has 0 aromatic carbocycles. The van der Waals surface area contributed by atoms with E-state index in [1.165, 1.54) is 0 Å². The van der Waals surface area contributed by atoms with E-state index in [1.54, 1.807) is 0 Å². The normalized spacial score (nSPS) is 52.0. The van der Waals surface area contributed by atoms with Gasteiger partial charge in [0.25, 0.3) is 0 Å². The molecule has 0 heterocycles. The molecule has 5 aliphatic rings. The number of nitriles is 4. The van der Waals surface area contributed by atoms with E-state index in [9.17, 15) is 21.0 Å². The lowest BCUT2D eigenvalue weighted by molar-refractivity contribution is 0.178. The summed E-state index contributed by atoms with van der Waals surface area (Å²) in [7, 11) is 0. The summed E-state index contributed by atoms with van der Waals surface area (Å²) in [6.07, 6.45) is 1.03. The Morgan fingerprint density at radius 2 is 1.12 bits per heavy atom. The molecule has 5 rings (SSSR count). The van der Waals surface area contributed by atoms with Crippen molar-refractivity contribution in [1.82, 2.24) is 0 Å². The first-order valence-corrected chi connectivity index (χ1v) is 5.87. The molecule has 0 N–H and O–H groups in total. The lowest BCUT2D eigenvalue weighted by atomic mass is 9.58. The predicted molar refractivity (Wildman–Crippen MR) is 52.9 cm³/mol. The smallest absolute Gasteiger partial charge is 0.179 e. The second-order valence-corrected chi connectivity index (χ2v) is 5.83. The van der Waals surface area contributed by atoms with Gasteiger partial charge in [-0.05, 0) is 30.1 Å². The molecule has 0 radical (unpaired) electrons. The lowest BCUT2D eigenvalue weighted by Gasteiger charge is -2.34. The van der Waals surface area contributed by atoms with E-state index >= 15 is 0 Å². The van der Waals surface area contributed by atoms with Crippen LogP contribution in [0.5, 0.6) is 0 Å². The molecule has 6 bridgehead atoms. The van der Waals surface area contributed by atoms with Crippen LogP contribution in [0.3, 0.4) is 0 Å². The number of hydrogen-bond acceptors (Lipinski definition) is 4. The average molecular weight is 220 g/mol. The minimum Gasteiger partial charge on any atom is -0.196 e. The molecule has 5 aliphatic carbocycles. The summed E-state index contributed by atoms with van der Waals surface area (Å²) in [5, 5.41) is 37.7. The van der Waals surface area contributed by atoms with E-state index in [4.69, 9.17) is 0 Å². The molecule has 4 atom stereocenters. The quantitative estimate of drug-likeness (QED) is 0.612. The van der Waals surface area contributed by atoms with Crippen molar-refractivity contribution in [3.05, 3.63) is 0 Å². The Hall–Kier alpha value is -2.04. The summed E-state index contributed by atoms with van der Waals surface area (Å²) >= 11 is 0. The van der Waals surface area contributed by atoms with Crippen LogP contribution in [0.2, 0.25) is 0 Å². The number of rotatable bonds is 0. The Bertz CT molecular complexity index is 527. The van der Waals surface area contributed by atoms with E-state index in [1.807, 2.05) is 0 Å². The first-order valence-electron chi connectivity index (χ1n) is 5.87. The molecule has 0 aromatic rings. The first-order chi connectivity index (χ1) is 8.22. The fourth-order valence-electron chi connectivity index (χ4n) is 5.60. The molecule has 5 fully saturated rings. The van der Waals surface area contributed by atoms with Crippen LogP contribution in [0.15, 0.2) is 0 Å². The van der Waals surface area contributed by atoms with E-state index in [2.05, 4.69) is 24.3 Å². The molecule has 4 nitrogen and oxygen atoms in total. The Balaban J connectivity index is 2.04. The van der Waals surface area contributed by atoms with Crippen LogP contribution in [0.25, 0.3) is 0 Å². The van der Waals surface area contributed by atoms with E-state index in [-0.39, 0.29) is 17.8 Å². The Kier molecular flexibility index (Phi) is 1.15. The van der Waals surface area contributed by atoms with Gasteiger partial charge < -0.3 is 0 Å². The van der Waals surface area contributed by atoms with Gasteiger partial charge in [-0.2, -0.15) is 21.0 Å². The molecule has 0 amide bonds. The molecule has 0 aromatic heterocycles. The first kappa shape index (κ1) is 9.04. The van der Waals surface area contributed by atoms with Gasteiger partial charge in [0, 0.05) is 11.8 Å². The highest BCUT2D eigenvalue weighted by molar-refractivity contribution is 5.49.